The lowest BCUT2D eigenvalue weighted by molar-refractivity contribution is 0.0322. The van der Waals surface area contributed by atoms with Gasteiger partial charge >= 0.3 is 0 Å². The smallest absolute Gasteiger partial charge is 0.119 e. The fourth-order valence-corrected chi connectivity index (χ4v) is 3.91. The van der Waals surface area contributed by atoms with Gasteiger partial charge in [0.2, 0.25) is 0 Å². The monoisotopic (exact) mass is 419 g/mol. The first-order valence-corrected chi connectivity index (χ1v) is 11.4. The normalized spacial score (nSPS) is 19.2. The van der Waals surface area contributed by atoms with Gasteiger partial charge in [-0.1, -0.05) is 48.5 Å². The van der Waals surface area contributed by atoms with Gasteiger partial charge in [0.15, 0.2) is 0 Å². The van der Waals surface area contributed by atoms with Gasteiger partial charge in [0.1, 0.15) is 12.4 Å². The summed E-state index contributed by atoms with van der Waals surface area (Å²) < 4.78 is 11.3. The number of hydrogen-bond donors (Lipinski definition) is 1. The Labute approximate surface area is 185 Å². The Balaban J connectivity index is 1.15. The first kappa shape index (κ1) is 21.8. The summed E-state index contributed by atoms with van der Waals surface area (Å²) in [7, 11) is 0. The zero-order valence-electron chi connectivity index (χ0n) is 18.2. The summed E-state index contributed by atoms with van der Waals surface area (Å²) in [6.07, 6.45) is 5.44. The summed E-state index contributed by atoms with van der Waals surface area (Å²) in [6.45, 7) is 8.00. The number of nitrogens with one attached hydrogen (secondary N) is 1. The van der Waals surface area contributed by atoms with Crippen molar-refractivity contribution >= 4 is 5.71 Å². The molecule has 1 atom stereocenters. The maximum atomic E-state index is 5.92. The predicted octanol–water partition coefficient (Wildman–Crippen LogP) is 3.67. The molecule has 2 aliphatic heterocycles. The third-order valence-corrected chi connectivity index (χ3v) is 5.83. The van der Waals surface area contributed by atoms with Crippen LogP contribution in [0.25, 0.3) is 0 Å². The van der Waals surface area contributed by atoms with Crippen LogP contribution in [0, 0.1) is 0 Å². The molecular formula is C26H33N3O2. The van der Waals surface area contributed by atoms with Crippen LogP contribution in [0.3, 0.4) is 0 Å². The summed E-state index contributed by atoms with van der Waals surface area (Å²) in [4.78, 5) is 7.18. The Morgan fingerprint density at radius 1 is 1.03 bits per heavy atom. The molecule has 5 nitrogen and oxygen atoms in total. The van der Waals surface area contributed by atoms with Crippen molar-refractivity contribution in [3.63, 3.8) is 0 Å². The topological polar surface area (TPSA) is 46.1 Å². The molecule has 0 saturated carbocycles. The molecule has 1 N–H and O–H groups in total. The van der Waals surface area contributed by atoms with E-state index in [-0.39, 0.29) is 0 Å². The highest BCUT2D eigenvalue weighted by molar-refractivity contribution is 5.95. The van der Waals surface area contributed by atoms with E-state index in [2.05, 4.69) is 77.0 Å². The molecule has 2 aliphatic rings. The van der Waals surface area contributed by atoms with Crippen molar-refractivity contribution in [3.8, 4) is 5.75 Å². The minimum absolute atomic E-state index is 0.350. The Morgan fingerprint density at radius 2 is 1.84 bits per heavy atom. The molecule has 0 aromatic heterocycles. The van der Waals surface area contributed by atoms with E-state index < -0.39 is 0 Å². The lowest BCUT2D eigenvalue weighted by atomic mass is 9.96. The molecule has 0 aliphatic carbocycles. The zero-order valence-corrected chi connectivity index (χ0v) is 18.2. The van der Waals surface area contributed by atoms with E-state index in [1.165, 1.54) is 16.8 Å². The molecule has 1 fully saturated rings. The molecule has 164 valence electrons. The van der Waals surface area contributed by atoms with Crippen molar-refractivity contribution < 1.29 is 9.47 Å². The number of ether oxygens (including phenoxy) is 2. The van der Waals surface area contributed by atoms with E-state index in [9.17, 15) is 0 Å². The quantitative estimate of drug-likeness (QED) is 0.597. The molecular weight excluding hydrogens is 386 g/mol. The first-order chi connectivity index (χ1) is 15.4. The fraction of sp³-hybridized carbons (Fsp3) is 0.423. The zero-order chi connectivity index (χ0) is 21.1. The molecule has 2 aromatic rings. The highest BCUT2D eigenvalue weighted by atomic mass is 16.5. The minimum Gasteiger partial charge on any atom is -0.492 e. The standard InChI is InChI=1S/C26H33N3O2/c1-2-4-22(5-3-1)20-27-13-12-25-9-6-24(21-28-25)23-7-10-26(11-8-23)31-19-16-29-14-17-30-18-15-29/h1-11,24,27H,12-21H2. The van der Waals surface area contributed by atoms with Gasteiger partial charge in [-0.3, -0.25) is 9.89 Å². The van der Waals surface area contributed by atoms with Gasteiger partial charge in [0.25, 0.3) is 0 Å². The number of nitrogens with zero attached hydrogens (tertiary/aromatic N) is 2. The number of aliphatic imine (C=N–C) groups is 1. The summed E-state index contributed by atoms with van der Waals surface area (Å²) in [6, 6.07) is 19.0. The molecule has 31 heavy (non-hydrogen) atoms. The molecule has 0 bridgehead atoms. The van der Waals surface area contributed by atoms with E-state index >= 15 is 0 Å². The number of benzene rings is 2. The van der Waals surface area contributed by atoms with E-state index in [0.29, 0.717) is 12.5 Å². The lowest BCUT2D eigenvalue weighted by Crippen LogP contribution is -2.38. The number of dihydropyridines is 1. The van der Waals surface area contributed by atoms with Crippen LogP contribution in [0.15, 0.2) is 71.7 Å². The Kier molecular flexibility index (Phi) is 8.28. The summed E-state index contributed by atoms with van der Waals surface area (Å²) >= 11 is 0. The van der Waals surface area contributed by atoms with E-state index in [1.54, 1.807) is 0 Å². The lowest BCUT2D eigenvalue weighted by Gasteiger charge is -2.26. The van der Waals surface area contributed by atoms with Gasteiger partial charge in [-0.15, -0.1) is 0 Å². The summed E-state index contributed by atoms with van der Waals surface area (Å²) in [5.74, 6) is 1.29. The molecule has 1 saturated heterocycles. The van der Waals surface area contributed by atoms with E-state index in [1.807, 2.05) is 0 Å². The van der Waals surface area contributed by atoms with Crippen LogP contribution in [0.1, 0.15) is 23.5 Å². The van der Waals surface area contributed by atoms with Gasteiger partial charge in [0, 0.05) is 57.3 Å². The molecule has 0 spiro atoms. The molecule has 2 heterocycles. The Morgan fingerprint density at radius 3 is 2.58 bits per heavy atom. The molecule has 0 amide bonds. The Hall–Kier alpha value is -2.47. The van der Waals surface area contributed by atoms with Crippen LogP contribution in [0.2, 0.25) is 0 Å². The second-order valence-electron chi connectivity index (χ2n) is 8.08. The van der Waals surface area contributed by atoms with Crippen LogP contribution in [0.4, 0.5) is 0 Å². The minimum atomic E-state index is 0.350. The maximum absolute atomic E-state index is 5.92. The van der Waals surface area contributed by atoms with Gasteiger partial charge in [-0.25, -0.2) is 0 Å². The van der Waals surface area contributed by atoms with Crippen molar-refractivity contribution in [1.29, 1.82) is 0 Å². The van der Waals surface area contributed by atoms with Crippen LogP contribution in [0.5, 0.6) is 5.75 Å². The van der Waals surface area contributed by atoms with E-state index in [0.717, 1.165) is 64.7 Å². The first-order valence-electron chi connectivity index (χ1n) is 11.4. The van der Waals surface area contributed by atoms with Crippen molar-refractivity contribution in [3.05, 3.63) is 77.9 Å². The third kappa shape index (κ3) is 7.03. The number of allylic oxidation sites excluding steroid dienone is 1. The highest BCUT2D eigenvalue weighted by Crippen LogP contribution is 2.23. The van der Waals surface area contributed by atoms with Gasteiger partial charge in [0.05, 0.1) is 13.2 Å². The largest absolute Gasteiger partial charge is 0.492 e. The van der Waals surface area contributed by atoms with Crippen molar-refractivity contribution in [2.75, 3.05) is 52.5 Å². The second-order valence-corrected chi connectivity index (χ2v) is 8.08. The van der Waals surface area contributed by atoms with Crippen LogP contribution in [-0.2, 0) is 11.3 Å². The van der Waals surface area contributed by atoms with Crippen molar-refractivity contribution in [1.82, 2.24) is 10.2 Å². The van der Waals surface area contributed by atoms with Gasteiger partial charge in [-0.2, -0.15) is 0 Å². The molecule has 1 unspecified atom stereocenters. The predicted molar refractivity (Wildman–Crippen MR) is 126 cm³/mol. The molecule has 4 rings (SSSR count). The van der Waals surface area contributed by atoms with Crippen molar-refractivity contribution in [2.45, 2.75) is 18.9 Å². The van der Waals surface area contributed by atoms with E-state index in [4.69, 9.17) is 14.5 Å². The maximum Gasteiger partial charge on any atom is 0.119 e. The van der Waals surface area contributed by atoms with Crippen LogP contribution >= 0.6 is 0 Å². The average Bonchev–Trinajstić information content (AvgIpc) is 2.84. The Bertz CT molecular complexity index is 843. The van der Waals surface area contributed by atoms with Crippen LogP contribution in [-0.4, -0.2) is 63.2 Å². The SMILES string of the molecule is C1=CC(c2ccc(OCCN3CCOCC3)cc2)CN=C1CCNCc1ccccc1. The highest BCUT2D eigenvalue weighted by Gasteiger charge is 2.13. The molecule has 5 heteroatoms. The summed E-state index contributed by atoms with van der Waals surface area (Å²) in [5.41, 5.74) is 3.79. The van der Waals surface area contributed by atoms with Crippen LogP contribution < -0.4 is 10.1 Å². The third-order valence-electron chi connectivity index (χ3n) is 5.83. The fourth-order valence-electron chi connectivity index (χ4n) is 3.91. The number of rotatable bonds is 10. The van der Waals surface area contributed by atoms with Crippen molar-refractivity contribution in [2.24, 2.45) is 4.99 Å². The van der Waals surface area contributed by atoms with Gasteiger partial charge in [-0.05, 0) is 29.3 Å². The molecule has 0 radical (unpaired) electrons. The molecule has 2 aromatic carbocycles. The number of morpholine rings is 1. The summed E-state index contributed by atoms with van der Waals surface area (Å²) in [5, 5.41) is 3.50. The second kappa shape index (κ2) is 11.8. The average molecular weight is 420 g/mol. The van der Waals surface area contributed by atoms with Gasteiger partial charge < -0.3 is 14.8 Å². The number of hydrogen-bond acceptors (Lipinski definition) is 5.